The quantitative estimate of drug-likeness (QED) is 0.617. The molecular formula is C18H18F6N6O2S. The van der Waals surface area contributed by atoms with E-state index in [0.29, 0.717) is 12.3 Å². The van der Waals surface area contributed by atoms with Crippen LogP contribution in [0.25, 0.3) is 0 Å². The van der Waals surface area contributed by atoms with Gasteiger partial charge in [0.05, 0.1) is 17.7 Å². The molecule has 2 aromatic rings. The highest BCUT2D eigenvalue weighted by molar-refractivity contribution is 7.82. The standard InChI is InChI=1S/C18H18F6N6O2S/c19-17(20,21)10-29-3-5-30(6-4-29)15-13(7-11(9-27-15)18(22,23)24)16(31)28-12-1-2-26-14(8-12)33(25)32/h1-2,7-9H,3-6,10,25H2,(H,26,28,31). The Balaban J connectivity index is 1.87. The summed E-state index contributed by atoms with van der Waals surface area (Å²) >= 11 is 0. The number of nitrogens with two attached hydrogens (primary N) is 1. The molecule has 0 bridgehead atoms. The molecular weight excluding hydrogens is 478 g/mol. The molecule has 1 amide bonds. The van der Waals surface area contributed by atoms with Crippen LogP contribution in [0.2, 0.25) is 0 Å². The van der Waals surface area contributed by atoms with Crippen molar-refractivity contribution in [1.29, 1.82) is 0 Å². The molecule has 0 aromatic carbocycles. The fourth-order valence-corrected chi connectivity index (χ4v) is 3.61. The minimum Gasteiger partial charge on any atom is -0.353 e. The van der Waals surface area contributed by atoms with E-state index in [-0.39, 0.29) is 42.7 Å². The van der Waals surface area contributed by atoms with E-state index in [0.717, 1.165) is 4.90 Å². The Morgan fingerprint density at radius 1 is 1.09 bits per heavy atom. The molecule has 0 aliphatic carbocycles. The number of nitrogens with one attached hydrogen (secondary N) is 1. The third-order valence-corrected chi connectivity index (χ3v) is 5.35. The van der Waals surface area contributed by atoms with Crippen LogP contribution in [0.5, 0.6) is 0 Å². The Morgan fingerprint density at radius 3 is 2.33 bits per heavy atom. The van der Waals surface area contributed by atoms with E-state index in [2.05, 4.69) is 15.3 Å². The first-order valence-electron chi connectivity index (χ1n) is 9.38. The number of rotatable bonds is 5. The van der Waals surface area contributed by atoms with Gasteiger partial charge in [-0.1, -0.05) is 0 Å². The maximum absolute atomic E-state index is 13.2. The third-order valence-electron chi connectivity index (χ3n) is 4.71. The topological polar surface area (TPSA) is 104 Å². The second kappa shape index (κ2) is 9.61. The lowest BCUT2D eigenvalue weighted by molar-refractivity contribution is -0.146. The van der Waals surface area contributed by atoms with Crippen LogP contribution in [0, 0.1) is 0 Å². The molecule has 0 saturated carbocycles. The average Bonchev–Trinajstić information content (AvgIpc) is 2.72. The zero-order valence-electron chi connectivity index (χ0n) is 16.8. The van der Waals surface area contributed by atoms with Crippen LogP contribution < -0.4 is 15.4 Å². The van der Waals surface area contributed by atoms with Crippen LogP contribution in [-0.4, -0.2) is 63.9 Å². The van der Waals surface area contributed by atoms with Crippen molar-refractivity contribution in [3.05, 3.63) is 41.7 Å². The highest BCUT2D eigenvalue weighted by Gasteiger charge is 2.35. The van der Waals surface area contributed by atoms with Gasteiger partial charge in [-0.3, -0.25) is 9.69 Å². The number of aromatic nitrogens is 2. The molecule has 1 fully saturated rings. The molecule has 1 atom stereocenters. The largest absolute Gasteiger partial charge is 0.417 e. The number of carbonyl (C=O) groups is 1. The molecule has 1 unspecified atom stereocenters. The van der Waals surface area contributed by atoms with Crippen molar-refractivity contribution < 1.29 is 35.3 Å². The Kier molecular flexibility index (Phi) is 7.23. The molecule has 15 heteroatoms. The zero-order valence-corrected chi connectivity index (χ0v) is 17.6. The molecule has 8 nitrogen and oxygen atoms in total. The van der Waals surface area contributed by atoms with Crippen LogP contribution in [0.1, 0.15) is 15.9 Å². The number of amides is 1. The van der Waals surface area contributed by atoms with Gasteiger partial charge in [0.25, 0.3) is 5.91 Å². The van der Waals surface area contributed by atoms with E-state index >= 15 is 0 Å². The zero-order chi connectivity index (χ0) is 24.4. The second-order valence-corrected chi connectivity index (χ2v) is 8.12. The number of hydrogen-bond donors (Lipinski definition) is 2. The molecule has 2 aromatic heterocycles. The van der Waals surface area contributed by atoms with Crippen molar-refractivity contribution in [3.63, 3.8) is 0 Å². The van der Waals surface area contributed by atoms with Gasteiger partial charge < -0.3 is 10.2 Å². The van der Waals surface area contributed by atoms with E-state index in [1.165, 1.54) is 23.2 Å². The van der Waals surface area contributed by atoms with Gasteiger partial charge in [-0.25, -0.2) is 19.3 Å². The smallest absolute Gasteiger partial charge is 0.353 e. The monoisotopic (exact) mass is 496 g/mol. The van der Waals surface area contributed by atoms with Crippen LogP contribution in [0.3, 0.4) is 0 Å². The molecule has 33 heavy (non-hydrogen) atoms. The molecule has 3 heterocycles. The van der Waals surface area contributed by atoms with Gasteiger partial charge in [-0.2, -0.15) is 26.3 Å². The summed E-state index contributed by atoms with van der Waals surface area (Å²) in [5.74, 6) is -1.04. The van der Waals surface area contributed by atoms with Crippen molar-refractivity contribution in [2.45, 2.75) is 17.4 Å². The average molecular weight is 496 g/mol. The molecule has 1 aliphatic heterocycles. The number of piperazine rings is 1. The summed E-state index contributed by atoms with van der Waals surface area (Å²) in [6.45, 7) is -1.08. The molecule has 3 N–H and O–H groups in total. The molecule has 1 aliphatic rings. The number of nitrogens with zero attached hydrogens (tertiary/aromatic N) is 4. The summed E-state index contributed by atoms with van der Waals surface area (Å²) in [6, 6.07) is 3.15. The molecule has 0 radical (unpaired) electrons. The second-order valence-electron chi connectivity index (χ2n) is 7.11. The number of pyridine rings is 2. The lowest BCUT2D eigenvalue weighted by atomic mass is 10.1. The van der Waals surface area contributed by atoms with E-state index < -0.39 is 46.9 Å². The summed E-state index contributed by atoms with van der Waals surface area (Å²) in [7, 11) is -1.95. The fraction of sp³-hybridized carbons (Fsp3) is 0.389. The summed E-state index contributed by atoms with van der Waals surface area (Å²) in [5.41, 5.74) is -1.49. The fourth-order valence-electron chi connectivity index (χ4n) is 3.20. The maximum atomic E-state index is 13.2. The number of anilines is 2. The van der Waals surface area contributed by atoms with Crippen LogP contribution in [-0.2, 0) is 17.2 Å². The summed E-state index contributed by atoms with van der Waals surface area (Å²) in [5, 5.41) is 7.57. The highest BCUT2D eigenvalue weighted by Crippen LogP contribution is 2.32. The number of carbonyl (C=O) groups excluding carboxylic acids is 1. The predicted octanol–water partition coefficient (Wildman–Crippen LogP) is 2.41. The first-order valence-corrected chi connectivity index (χ1v) is 10.6. The van der Waals surface area contributed by atoms with Gasteiger partial charge in [0.15, 0.2) is 0 Å². The lowest BCUT2D eigenvalue weighted by Gasteiger charge is -2.36. The Labute approximate surface area is 186 Å². The van der Waals surface area contributed by atoms with Gasteiger partial charge in [0, 0.05) is 44.3 Å². The summed E-state index contributed by atoms with van der Waals surface area (Å²) in [6.07, 6.45) is -7.38. The maximum Gasteiger partial charge on any atom is 0.417 e. The highest BCUT2D eigenvalue weighted by atomic mass is 32.2. The van der Waals surface area contributed by atoms with Crippen LogP contribution >= 0.6 is 0 Å². The number of alkyl halides is 6. The van der Waals surface area contributed by atoms with Crippen LogP contribution in [0.4, 0.5) is 37.8 Å². The predicted molar refractivity (Wildman–Crippen MR) is 107 cm³/mol. The van der Waals surface area contributed by atoms with E-state index in [4.69, 9.17) is 5.14 Å². The minimum atomic E-state index is -4.77. The Bertz CT molecular complexity index is 1040. The van der Waals surface area contributed by atoms with Crippen LogP contribution in [0.15, 0.2) is 35.6 Å². The van der Waals surface area contributed by atoms with Crippen molar-refractivity contribution in [1.82, 2.24) is 14.9 Å². The lowest BCUT2D eigenvalue weighted by Crippen LogP contribution is -2.49. The first kappa shape index (κ1) is 24.9. The molecule has 180 valence electrons. The van der Waals surface area contributed by atoms with E-state index in [9.17, 15) is 35.3 Å². The van der Waals surface area contributed by atoms with E-state index in [1.54, 1.807) is 0 Å². The number of halogens is 6. The van der Waals surface area contributed by atoms with Crippen molar-refractivity contribution >= 4 is 28.4 Å². The molecule has 1 saturated heterocycles. The van der Waals surface area contributed by atoms with Crippen molar-refractivity contribution in [2.75, 3.05) is 42.9 Å². The third kappa shape index (κ3) is 6.61. The first-order chi connectivity index (χ1) is 15.3. The normalized spacial score (nSPS) is 16.5. The summed E-state index contributed by atoms with van der Waals surface area (Å²) in [4.78, 5) is 23.0. The van der Waals surface area contributed by atoms with Crippen molar-refractivity contribution in [3.8, 4) is 0 Å². The van der Waals surface area contributed by atoms with Crippen molar-refractivity contribution in [2.24, 2.45) is 5.14 Å². The number of hydrogen-bond acceptors (Lipinski definition) is 6. The molecule has 3 rings (SSSR count). The molecule has 0 spiro atoms. The van der Waals surface area contributed by atoms with Gasteiger partial charge in [0.1, 0.15) is 21.8 Å². The Hall–Kier alpha value is -2.78. The minimum absolute atomic E-state index is 0.0146. The van der Waals surface area contributed by atoms with E-state index in [1.807, 2.05) is 0 Å². The Morgan fingerprint density at radius 2 is 1.76 bits per heavy atom. The van der Waals surface area contributed by atoms with Gasteiger partial charge in [0.2, 0.25) is 0 Å². The van der Waals surface area contributed by atoms with Gasteiger partial charge >= 0.3 is 12.4 Å². The van der Waals surface area contributed by atoms with Gasteiger partial charge in [-0.05, 0) is 18.2 Å². The van der Waals surface area contributed by atoms with Gasteiger partial charge in [-0.15, -0.1) is 0 Å². The SMILES string of the molecule is NS(=O)c1cc(NC(=O)c2cc(C(F)(F)F)cnc2N2CCN(CC(F)(F)F)CC2)ccn1. The summed E-state index contributed by atoms with van der Waals surface area (Å²) < 4.78 is 88.9.